The van der Waals surface area contributed by atoms with E-state index in [4.69, 9.17) is 10.9 Å². The average molecular weight is 275 g/mol. The molecule has 5 nitrogen and oxygen atoms in total. The normalized spacial score (nSPS) is 16.9. The quantitative estimate of drug-likeness (QED) is 0.384. The zero-order valence-electron chi connectivity index (χ0n) is 11.7. The van der Waals surface area contributed by atoms with Crippen molar-refractivity contribution in [1.29, 1.82) is 0 Å². The lowest BCUT2D eigenvalue weighted by Crippen LogP contribution is -2.34. The van der Waals surface area contributed by atoms with Crippen molar-refractivity contribution >= 4 is 17.4 Å². The number of nitrogens with zero attached hydrogens (tertiary/aromatic N) is 2. The molecule has 0 aliphatic heterocycles. The van der Waals surface area contributed by atoms with Gasteiger partial charge in [0.1, 0.15) is 0 Å². The van der Waals surface area contributed by atoms with Crippen LogP contribution in [-0.2, 0) is 4.79 Å². The summed E-state index contributed by atoms with van der Waals surface area (Å²) in [5.74, 6) is 0.327. The summed E-state index contributed by atoms with van der Waals surface area (Å²) in [4.78, 5) is 14.1. The minimum atomic E-state index is 0.0466. The predicted octanol–water partition coefficient (Wildman–Crippen LogP) is 2.32. The highest BCUT2D eigenvalue weighted by Crippen LogP contribution is 2.27. The van der Waals surface area contributed by atoms with Crippen LogP contribution >= 0.6 is 0 Å². The number of benzene rings is 1. The van der Waals surface area contributed by atoms with E-state index < -0.39 is 0 Å². The SMILES string of the molecule is CN(C(=O)C1CCCCC1)c1cccc(C(N)=NO)c1. The second kappa shape index (κ2) is 6.41. The molecule has 0 saturated heterocycles. The van der Waals surface area contributed by atoms with Crippen molar-refractivity contribution in [2.24, 2.45) is 16.8 Å². The number of nitrogens with two attached hydrogens (primary N) is 1. The highest BCUT2D eigenvalue weighted by atomic mass is 16.4. The summed E-state index contributed by atoms with van der Waals surface area (Å²) in [7, 11) is 1.78. The Morgan fingerprint density at radius 1 is 1.35 bits per heavy atom. The Morgan fingerprint density at radius 2 is 2.05 bits per heavy atom. The third-order valence-corrected chi connectivity index (χ3v) is 3.92. The predicted molar refractivity (Wildman–Crippen MR) is 78.9 cm³/mol. The van der Waals surface area contributed by atoms with Crippen molar-refractivity contribution in [2.75, 3.05) is 11.9 Å². The minimum Gasteiger partial charge on any atom is -0.409 e. The summed E-state index contributed by atoms with van der Waals surface area (Å²) in [6.07, 6.45) is 5.45. The third-order valence-electron chi connectivity index (χ3n) is 3.92. The van der Waals surface area contributed by atoms with E-state index in [0.29, 0.717) is 5.56 Å². The molecule has 0 bridgehead atoms. The minimum absolute atomic E-state index is 0.0466. The maximum absolute atomic E-state index is 12.5. The Labute approximate surface area is 119 Å². The van der Waals surface area contributed by atoms with Gasteiger partial charge >= 0.3 is 0 Å². The number of amidine groups is 1. The Hall–Kier alpha value is -2.04. The van der Waals surface area contributed by atoms with E-state index in [1.165, 1.54) is 6.42 Å². The monoisotopic (exact) mass is 275 g/mol. The Bertz CT molecular complexity index is 508. The summed E-state index contributed by atoms with van der Waals surface area (Å²) >= 11 is 0. The van der Waals surface area contributed by atoms with Gasteiger partial charge in [0.25, 0.3) is 0 Å². The lowest BCUT2D eigenvalue weighted by Gasteiger charge is -2.26. The van der Waals surface area contributed by atoms with Crippen LogP contribution in [0, 0.1) is 5.92 Å². The number of hydrogen-bond acceptors (Lipinski definition) is 3. The molecule has 1 aliphatic rings. The van der Waals surface area contributed by atoms with Gasteiger partial charge in [0.15, 0.2) is 5.84 Å². The molecular formula is C15H21N3O2. The number of rotatable bonds is 3. The molecule has 1 amide bonds. The zero-order valence-corrected chi connectivity index (χ0v) is 11.7. The molecule has 2 rings (SSSR count). The number of anilines is 1. The molecule has 1 aromatic carbocycles. The van der Waals surface area contributed by atoms with Gasteiger partial charge in [-0.25, -0.2) is 0 Å². The van der Waals surface area contributed by atoms with Gasteiger partial charge in [0.2, 0.25) is 5.91 Å². The van der Waals surface area contributed by atoms with Crippen molar-refractivity contribution in [3.8, 4) is 0 Å². The van der Waals surface area contributed by atoms with Crippen molar-refractivity contribution < 1.29 is 10.0 Å². The summed E-state index contributed by atoms with van der Waals surface area (Å²) in [6.45, 7) is 0. The largest absolute Gasteiger partial charge is 0.409 e. The molecule has 1 fully saturated rings. The molecule has 108 valence electrons. The molecule has 5 heteroatoms. The van der Waals surface area contributed by atoms with E-state index in [1.807, 2.05) is 6.07 Å². The zero-order chi connectivity index (χ0) is 14.5. The molecule has 3 N–H and O–H groups in total. The summed E-state index contributed by atoms with van der Waals surface area (Å²) < 4.78 is 0. The number of hydrogen-bond donors (Lipinski definition) is 2. The fourth-order valence-electron chi connectivity index (χ4n) is 2.68. The molecule has 20 heavy (non-hydrogen) atoms. The lowest BCUT2D eigenvalue weighted by molar-refractivity contribution is -0.123. The fraction of sp³-hybridized carbons (Fsp3) is 0.467. The van der Waals surface area contributed by atoms with E-state index in [-0.39, 0.29) is 17.7 Å². The van der Waals surface area contributed by atoms with Crippen LogP contribution in [-0.4, -0.2) is 24.0 Å². The standard InChI is InChI=1S/C15H21N3O2/c1-18(15(19)11-6-3-2-4-7-11)13-9-5-8-12(10-13)14(16)17-20/h5,8-11,20H,2-4,6-7H2,1H3,(H2,16,17). The van der Waals surface area contributed by atoms with E-state index in [0.717, 1.165) is 31.4 Å². The number of oxime groups is 1. The van der Waals surface area contributed by atoms with Crippen LogP contribution in [0.2, 0.25) is 0 Å². The molecule has 0 heterocycles. The second-order valence-electron chi connectivity index (χ2n) is 5.27. The molecule has 1 aromatic rings. The van der Waals surface area contributed by atoms with Crippen LogP contribution in [0.4, 0.5) is 5.69 Å². The third kappa shape index (κ3) is 3.10. The Balaban J connectivity index is 2.15. The first-order valence-electron chi connectivity index (χ1n) is 6.99. The molecule has 0 aromatic heterocycles. The van der Waals surface area contributed by atoms with Gasteiger partial charge in [-0.15, -0.1) is 0 Å². The van der Waals surface area contributed by atoms with Crippen molar-refractivity contribution in [3.63, 3.8) is 0 Å². The smallest absolute Gasteiger partial charge is 0.229 e. The summed E-state index contributed by atoms with van der Waals surface area (Å²) in [5.41, 5.74) is 6.95. The first kappa shape index (κ1) is 14.4. The second-order valence-corrected chi connectivity index (χ2v) is 5.27. The molecule has 1 aliphatic carbocycles. The summed E-state index contributed by atoms with van der Waals surface area (Å²) in [5, 5.41) is 11.7. The Kier molecular flexibility index (Phi) is 4.61. The number of carbonyl (C=O) groups excluding carboxylic acids is 1. The van der Waals surface area contributed by atoms with Crippen molar-refractivity contribution in [1.82, 2.24) is 0 Å². The van der Waals surface area contributed by atoms with E-state index >= 15 is 0 Å². The lowest BCUT2D eigenvalue weighted by atomic mass is 9.88. The fourth-order valence-corrected chi connectivity index (χ4v) is 2.68. The highest BCUT2D eigenvalue weighted by Gasteiger charge is 2.24. The van der Waals surface area contributed by atoms with Crippen LogP contribution in [0.15, 0.2) is 29.4 Å². The van der Waals surface area contributed by atoms with Gasteiger partial charge in [0.05, 0.1) is 0 Å². The van der Waals surface area contributed by atoms with E-state index in [2.05, 4.69) is 5.16 Å². The van der Waals surface area contributed by atoms with Gasteiger partial charge in [-0.1, -0.05) is 36.6 Å². The maximum atomic E-state index is 12.5. The van der Waals surface area contributed by atoms with Crippen LogP contribution in [0.1, 0.15) is 37.7 Å². The van der Waals surface area contributed by atoms with Gasteiger partial charge in [-0.3, -0.25) is 4.79 Å². The maximum Gasteiger partial charge on any atom is 0.229 e. The van der Waals surface area contributed by atoms with Crippen molar-refractivity contribution in [3.05, 3.63) is 29.8 Å². The van der Waals surface area contributed by atoms with Gasteiger partial charge < -0.3 is 15.8 Å². The average Bonchev–Trinajstić information content (AvgIpc) is 2.53. The number of carbonyl (C=O) groups is 1. The molecule has 0 spiro atoms. The molecule has 1 saturated carbocycles. The van der Waals surface area contributed by atoms with Crippen molar-refractivity contribution in [2.45, 2.75) is 32.1 Å². The van der Waals surface area contributed by atoms with E-state index in [9.17, 15) is 4.79 Å². The van der Waals surface area contributed by atoms with E-state index in [1.54, 1.807) is 30.1 Å². The first-order chi connectivity index (χ1) is 9.63. The summed E-state index contributed by atoms with van der Waals surface area (Å²) in [6, 6.07) is 7.16. The van der Waals surface area contributed by atoms with Gasteiger partial charge in [0, 0.05) is 24.2 Å². The Morgan fingerprint density at radius 3 is 2.70 bits per heavy atom. The van der Waals surface area contributed by atoms with Crippen LogP contribution in [0.5, 0.6) is 0 Å². The molecular weight excluding hydrogens is 254 g/mol. The highest BCUT2D eigenvalue weighted by molar-refractivity contribution is 6.00. The van der Waals surface area contributed by atoms with Gasteiger partial charge in [-0.2, -0.15) is 0 Å². The van der Waals surface area contributed by atoms with Crippen LogP contribution in [0.25, 0.3) is 0 Å². The van der Waals surface area contributed by atoms with Crippen LogP contribution < -0.4 is 10.6 Å². The van der Waals surface area contributed by atoms with Gasteiger partial charge in [-0.05, 0) is 25.0 Å². The molecule has 0 unspecified atom stereocenters. The topological polar surface area (TPSA) is 78.9 Å². The molecule has 0 atom stereocenters. The molecule has 0 radical (unpaired) electrons. The van der Waals surface area contributed by atoms with Crippen LogP contribution in [0.3, 0.4) is 0 Å². The number of amides is 1. The first-order valence-corrected chi connectivity index (χ1v) is 6.99.